The Morgan fingerprint density at radius 1 is 1.11 bits per heavy atom. The van der Waals surface area contributed by atoms with Gasteiger partial charge < -0.3 is 4.74 Å². The zero-order valence-corrected chi connectivity index (χ0v) is 15.8. The van der Waals surface area contributed by atoms with Crippen molar-refractivity contribution in [1.29, 1.82) is 0 Å². The Hall–Kier alpha value is -2.55. The van der Waals surface area contributed by atoms with Gasteiger partial charge in [-0.25, -0.2) is 27.5 Å². The molecule has 0 amide bonds. The minimum atomic E-state index is -3.86. The number of halogens is 2. The average molecular weight is 408 g/mol. The van der Waals surface area contributed by atoms with Gasteiger partial charge in [0.25, 0.3) is 0 Å². The molecule has 0 fully saturated rings. The van der Waals surface area contributed by atoms with Crippen molar-refractivity contribution in [2.75, 3.05) is 7.11 Å². The van der Waals surface area contributed by atoms with Crippen LogP contribution in [0.1, 0.15) is 5.69 Å². The Morgan fingerprint density at radius 3 is 2.52 bits per heavy atom. The van der Waals surface area contributed by atoms with E-state index in [9.17, 15) is 12.8 Å². The van der Waals surface area contributed by atoms with Gasteiger partial charge in [0.2, 0.25) is 10.0 Å². The van der Waals surface area contributed by atoms with Crippen molar-refractivity contribution in [1.82, 2.24) is 14.7 Å². The second-order valence-corrected chi connectivity index (χ2v) is 7.70. The number of rotatable bonds is 6. The Balaban J connectivity index is 1.76. The summed E-state index contributed by atoms with van der Waals surface area (Å²) in [6.07, 6.45) is 1.36. The Morgan fingerprint density at radius 2 is 1.85 bits per heavy atom. The molecule has 6 nitrogen and oxygen atoms in total. The fraction of sp³-hybridized carbons (Fsp3) is 0.111. The first kappa shape index (κ1) is 19.2. The monoisotopic (exact) mass is 407 g/mol. The minimum Gasteiger partial charge on any atom is -0.497 e. The van der Waals surface area contributed by atoms with E-state index in [4.69, 9.17) is 16.3 Å². The van der Waals surface area contributed by atoms with Gasteiger partial charge in [-0.05, 0) is 48.5 Å². The smallest absolute Gasteiger partial charge is 0.240 e. The third-order valence-electron chi connectivity index (χ3n) is 3.75. The summed E-state index contributed by atoms with van der Waals surface area (Å²) >= 11 is 5.65. The molecule has 0 spiro atoms. The van der Waals surface area contributed by atoms with Crippen molar-refractivity contribution in [2.24, 2.45) is 0 Å². The lowest BCUT2D eigenvalue weighted by atomic mass is 10.1. The van der Waals surface area contributed by atoms with Crippen LogP contribution in [0.5, 0.6) is 5.75 Å². The highest BCUT2D eigenvalue weighted by atomic mass is 35.5. The van der Waals surface area contributed by atoms with Gasteiger partial charge in [-0.3, -0.25) is 0 Å². The maximum atomic E-state index is 13.2. The summed E-state index contributed by atoms with van der Waals surface area (Å²) in [5, 5.41) is -0.262. The number of sulfonamides is 1. The zero-order chi connectivity index (χ0) is 19.4. The third kappa shape index (κ3) is 4.60. The highest BCUT2D eigenvalue weighted by Gasteiger charge is 2.16. The van der Waals surface area contributed by atoms with E-state index < -0.39 is 15.8 Å². The van der Waals surface area contributed by atoms with Crippen LogP contribution in [0.2, 0.25) is 5.02 Å². The molecular formula is C18H15ClFN3O3S. The summed E-state index contributed by atoms with van der Waals surface area (Å²) < 4.78 is 45.4. The van der Waals surface area contributed by atoms with E-state index in [1.165, 1.54) is 6.33 Å². The van der Waals surface area contributed by atoms with E-state index in [-0.39, 0.29) is 16.5 Å². The van der Waals surface area contributed by atoms with Crippen LogP contribution in [-0.2, 0) is 16.6 Å². The average Bonchev–Trinajstić information content (AvgIpc) is 2.69. The summed E-state index contributed by atoms with van der Waals surface area (Å²) in [4.78, 5) is 8.15. The lowest BCUT2D eigenvalue weighted by Crippen LogP contribution is -2.23. The van der Waals surface area contributed by atoms with E-state index >= 15 is 0 Å². The van der Waals surface area contributed by atoms with Gasteiger partial charge >= 0.3 is 0 Å². The summed E-state index contributed by atoms with van der Waals surface area (Å²) in [5.41, 5.74) is 1.96. The molecule has 9 heteroatoms. The van der Waals surface area contributed by atoms with Gasteiger partial charge in [-0.15, -0.1) is 0 Å². The molecular weight excluding hydrogens is 393 g/mol. The van der Waals surface area contributed by atoms with Crippen LogP contribution in [0, 0.1) is 5.82 Å². The second kappa shape index (κ2) is 7.99. The highest BCUT2D eigenvalue weighted by Crippen LogP contribution is 2.21. The molecule has 0 atom stereocenters. The van der Waals surface area contributed by atoms with Gasteiger partial charge in [-0.1, -0.05) is 11.6 Å². The molecule has 0 aliphatic carbocycles. The van der Waals surface area contributed by atoms with Crippen molar-refractivity contribution < 1.29 is 17.5 Å². The van der Waals surface area contributed by atoms with Gasteiger partial charge in [0.1, 0.15) is 17.9 Å². The lowest BCUT2D eigenvalue weighted by Gasteiger charge is -2.08. The number of nitrogens with zero attached hydrogens (tertiary/aromatic N) is 2. The van der Waals surface area contributed by atoms with Gasteiger partial charge in [0, 0.05) is 5.56 Å². The molecule has 0 aliphatic rings. The number of ether oxygens (including phenoxy) is 1. The number of methoxy groups -OCH3 is 1. The van der Waals surface area contributed by atoms with Crippen molar-refractivity contribution in [2.45, 2.75) is 11.4 Å². The Kier molecular flexibility index (Phi) is 5.69. The molecule has 0 saturated heterocycles. The summed E-state index contributed by atoms with van der Waals surface area (Å²) in [6.45, 7) is -0.0526. The van der Waals surface area contributed by atoms with Crippen LogP contribution in [-0.4, -0.2) is 25.5 Å². The van der Waals surface area contributed by atoms with Crippen LogP contribution in [0.25, 0.3) is 11.3 Å². The van der Waals surface area contributed by atoms with Gasteiger partial charge in [0.05, 0.1) is 35.0 Å². The van der Waals surface area contributed by atoms with Crippen molar-refractivity contribution >= 4 is 21.6 Å². The molecule has 1 aromatic heterocycles. The van der Waals surface area contributed by atoms with Gasteiger partial charge in [-0.2, -0.15) is 0 Å². The van der Waals surface area contributed by atoms with E-state index in [0.717, 1.165) is 29.5 Å². The van der Waals surface area contributed by atoms with E-state index in [1.807, 2.05) is 12.1 Å². The molecule has 3 rings (SSSR count). The van der Waals surface area contributed by atoms with E-state index in [2.05, 4.69) is 14.7 Å². The van der Waals surface area contributed by atoms with Gasteiger partial charge in [0.15, 0.2) is 0 Å². The molecule has 3 aromatic rings. The maximum Gasteiger partial charge on any atom is 0.240 e. The molecule has 2 aromatic carbocycles. The molecule has 1 heterocycles. The molecule has 0 radical (unpaired) electrons. The predicted molar refractivity (Wildman–Crippen MR) is 99.5 cm³/mol. The largest absolute Gasteiger partial charge is 0.497 e. The van der Waals surface area contributed by atoms with Crippen molar-refractivity contribution in [3.8, 4) is 17.0 Å². The summed E-state index contributed by atoms with van der Waals surface area (Å²) in [5.74, 6) is 0.0364. The minimum absolute atomic E-state index is 0.0526. The first-order valence-corrected chi connectivity index (χ1v) is 9.65. The Bertz CT molecular complexity index is 1060. The SMILES string of the molecule is COc1ccc(-c2cc(CNS(=O)(=O)c3ccc(F)c(Cl)c3)ncn2)cc1. The predicted octanol–water partition coefficient (Wildman–Crippen LogP) is 3.42. The number of benzene rings is 2. The number of aromatic nitrogens is 2. The molecule has 27 heavy (non-hydrogen) atoms. The standard InChI is InChI=1S/C18H15ClFN3O3S/c1-26-14-4-2-12(3-5-14)18-8-13(21-11-22-18)10-23-27(24,25)15-6-7-17(20)16(19)9-15/h2-9,11,23H,10H2,1H3. The van der Waals surface area contributed by atoms with Crippen molar-refractivity contribution in [3.63, 3.8) is 0 Å². The number of hydrogen-bond acceptors (Lipinski definition) is 5. The van der Waals surface area contributed by atoms with Crippen LogP contribution < -0.4 is 9.46 Å². The van der Waals surface area contributed by atoms with Crippen LogP contribution >= 0.6 is 11.6 Å². The van der Waals surface area contributed by atoms with E-state index in [1.54, 1.807) is 25.3 Å². The molecule has 0 unspecified atom stereocenters. The first-order valence-electron chi connectivity index (χ1n) is 7.79. The topological polar surface area (TPSA) is 81.2 Å². The zero-order valence-electron chi connectivity index (χ0n) is 14.2. The number of nitrogens with one attached hydrogen (secondary N) is 1. The molecule has 140 valence electrons. The lowest BCUT2D eigenvalue weighted by molar-refractivity contribution is 0.415. The molecule has 1 N–H and O–H groups in total. The highest BCUT2D eigenvalue weighted by molar-refractivity contribution is 7.89. The molecule has 0 saturated carbocycles. The fourth-order valence-corrected chi connectivity index (χ4v) is 3.58. The number of hydrogen-bond donors (Lipinski definition) is 1. The van der Waals surface area contributed by atoms with Crippen molar-refractivity contribution in [3.05, 3.63) is 71.4 Å². The Labute approximate surface area is 161 Å². The summed E-state index contributed by atoms with van der Waals surface area (Å²) in [6, 6.07) is 12.2. The fourth-order valence-electron chi connectivity index (χ4n) is 2.31. The van der Waals surface area contributed by atoms with E-state index in [0.29, 0.717) is 11.4 Å². The first-order chi connectivity index (χ1) is 12.9. The second-order valence-electron chi connectivity index (χ2n) is 5.52. The van der Waals surface area contributed by atoms with Crippen LogP contribution in [0.15, 0.2) is 59.8 Å². The maximum absolute atomic E-state index is 13.2. The quantitative estimate of drug-likeness (QED) is 0.677. The molecule has 0 aliphatic heterocycles. The molecule has 0 bridgehead atoms. The van der Waals surface area contributed by atoms with Crippen LogP contribution in [0.3, 0.4) is 0 Å². The normalized spacial score (nSPS) is 11.4. The summed E-state index contributed by atoms with van der Waals surface area (Å²) in [7, 11) is -2.28. The third-order valence-corrected chi connectivity index (χ3v) is 5.44. The van der Waals surface area contributed by atoms with Crippen LogP contribution in [0.4, 0.5) is 4.39 Å².